The molecule has 2 amide bonds. The minimum absolute atomic E-state index is 0.0400. The Balaban J connectivity index is 1.06. The first-order valence-corrected chi connectivity index (χ1v) is 11.3. The number of amides is 2. The van der Waals surface area contributed by atoms with Crippen molar-refractivity contribution in [1.29, 1.82) is 5.26 Å². The van der Waals surface area contributed by atoms with Crippen LogP contribution in [0.3, 0.4) is 0 Å². The number of hydrogen-bond acceptors (Lipinski definition) is 6. The predicted octanol–water partition coefficient (Wildman–Crippen LogP) is 2.23. The van der Waals surface area contributed by atoms with Crippen molar-refractivity contribution in [3.63, 3.8) is 0 Å². The molecule has 3 heterocycles. The highest BCUT2D eigenvalue weighted by Crippen LogP contribution is 2.48. The zero-order chi connectivity index (χ0) is 22.1. The van der Waals surface area contributed by atoms with Gasteiger partial charge in [0.15, 0.2) is 0 Å². The Morgan fingerprint density at radius 3 is 2.56 bits per heavy atom. The van der Waals surface area contributed by atoms with Crippen molar-refractivity contribution in [2.45, 2.75) is 38.4 Å². The van der Waals surface area contributed by atoms with E-state index >= 15 is 0 Å². The standard InChI is InChI=1S/C24H29N7O/c1-18-14-30(22-26-12-20(11-25)13-27-22)7-8-31(18)23(32)28-21-9-24(10-21)16-29(17-24)15-19-5-3-2-4-6-19/h2-6,12-13,18,21H,7-10,14-17H2,1H3,(H,28,32)/t18-/m0/s1. The molecule has 1 N–H and O–H groups in total. The minimum atomic E-state index is 0.0400. The largest absolute Gasteiger partial charge is 0.337 e. The summed E-state index contributed by atoms with van der Waals surface area (Å²) in [5, 5.41) is 12.2. The van der Waals surface area contributed by atoms with Crippen molar-refractivity contribution in [1.82, 2.24) is 25.1 Å². The van der Waals surface area contributed by atoms with Gasteiger partial charge in [0.25, 0.3) is 0 Å². The fourth-order valence-electron chi connectivity index (χ4n) is 5.44. The van der Waals surface area contributed by atoms with Gasteiger partial charge in [0, 0.05) is 51.4 Å². The van der Waals surface area contributed by atoms with Crippen LogP contribution in [0.2, 0.25) is 0 Å². The molecule has 2 aromatic rings. The molecule has 1 aromatic heterocycles. The van der Waals surface area contributed by atoms with Gasteiger partial charge in [-0.05, 0) is 30.7 Å². The fraction of sp³-hybridized carbons (Fsp3) is 0.500. The summed E-state index contributed by atoms with van der Waals surface area (Å²) in [6.45, 7) is 7.35. The summed E-state index contributed by atoms with van der Waals surface area (Å²) in [6.07, 6.45) is 5.24. The molecule has 1 saturated carbocycles. The summed E-state index contributed by atoms with van der Waals surface area (Å²) >= 11 is 0. The lowest BCUT2D eigenvalue weighted by atomic mass is 9.60. The summed E-state index contributed by atoms with van der Waals surface area (Å²) in [5.41, 5.74) is 2.23. The smallest absolute Gasteiger partial charge is 0.317 e. The average Bonchev–Trinajstić information content (AvgIpc) is 2.76. The van der Waals surface area contributed by atoms with Crippen LogP contribution in [0.25, 0.3) is 0 Å². The molecule has 32 heavy (non-hydrogen) atoms. The maximum absolute atomic E-state index is 12.9. The van der Waals surface area contributed by atoms with E-state index in [0.717, 1.165) is 32.5 Å². The highest BCUT2D eigenvalue weighted by atomic mass is 16.2. The number of likely N-dealkylation sites (tertiary alicyclic amines) is 1. The quantitative estimate of drug-likeness (QED) is 0.799. The fourth-order valence-corrected chi connectivity index (χ4v) is 5.44. The maximum Gasteiger partial charge on any atom is 0.317 e. The number of rotatable bonds is 4. The van der Waals surface area contributed by atoms with Crippen LogP contribution in [-0.4, -0.2) is 70.6 Å². The lowest BCUT2D eigenvalue weighted by Crippen LogP contribution is -2.67. The van der Waals surface area contributed by atoms with E-state index in [1.807, 2.05) is 11.0 Å². The third kappa shape index (κ3) is 4.13. The van der Waals surface area contributed by atoms with E-state index < -0.39 is 0 Å². The van der Waals surface area contributed by atoms with E-state index in [9.17, 15) is 4.79 Å². The van der Waals surface area contributed by atoms with E-state index in [0.29, 0.717) is 36.6 Å². The van der Waals surface area contributed by atoms with E-state index in [1.54, 1.807) is 12.4 Å². The average molecular weight is 432 g/mol. The number of nitriles is 1. The molecule has 166 valence electrons. The van der Waals surface area contributed by atoms with Crippen LogP contribution in [0.1, 0.15) is 30.9 Å². The third-order valence-corrected chi connectivity index (χ3v) is 6.99. The van der Waals surface area contributed by atoms with E-state index in [-0.39, 0.29) is 18.1 Å². The Morgan fingerprint density at radius 1 is 1.19 bits per heavy atom. The number of aromatic nitrogens is 2. The normalized spacial score (nSPS) is 22.7. The molecule has 1 spiro atoms. The number of nitrogens with one attached hydrogen (secondary N) is 1. The van der Waals surface area contributed by atoms with Gasteiger partial charge in [-0.2, -0.15) is 5.26 Å². The van der Waals surface area contributed by atoms with Crippen LogP contribution >= 0.6 is 0 Å². The zero-order valence-electron chi connectivity index (χ0n) is 18.4. The number of anilines is 1. The first kappa shape index (κ1) is 20.7. The van der Waals surface area contributed by atoms with Gasteiger partial charge in [-0.25, -0.2) is 14.8 Å². The van der Waals surface area contributed by atoms with Crippen molar-refractivity contribution < 1.29 is 4.79 Å². The monoisotopic (exact) mass is 431 g/mol. The molecular weight excluding hydrogens is 402 g/mol. The van der Waals surface area contributed by atoms with Crippen LogP contribution < -0.4 is 10.2 Å². The Morgan fingerprint density at radius 2 is 1.91 bits per heavy atom. The SMILES string of the molecule is C[C@H]1CN(c2ncc(C#N)cn2)CCN1C(=O)NC1CC2(C1)CN(Cc1ccccc1)C2. The van der Waals surface area contributed by atoms with Gasteiger partial charge in [0.1, 0.15) is 6.07 Å². The summed E-state index contributed by atoms with van der Waals surface area (Å²) in [5.74, 6) is 0.613. The van der Waals surface area contributed by atoms with Crippen LogP contribution in [0.4, 0.5) is 10.7 Å². The molecule has 3 aliphatic rings. The Hall–Kier alpha value is -3.18. The number of hydrogen-bond donors (Lipinski definition) is 1. The number of nitrogens with zero attached hydrogens (tertiary/aromatic N) is 6. The number of piperazine rings is 1. The molecule has 1 atom stereocenters. The molecule has 5 rings (SSSR count). The summed E-state index contributed by atoms with van der Waals surface area (Å²) < 4.78 is 0. The molecule has 1 aromatic carbocycles. The molecule has 1 aliphatic carbocycles. The molecule has 0 bridgehead atoms. The van der Waals surface area contributed by atoms with Gasteiger partial charge in [-0.15, -0.1) is 0 Å². The highest BCUT2D eigenvalue weighted by molar-refractivity contribution is 5.75. The van der Waals surface area contributed by atoms with Crippen molar-refractivity contribution in [2.24, 2.45) is 5.41 Å². The van der Waals surface area contributed by atoms with Gasteiger partial charge >= 0.3 is 6.03 Å². The lowest BCUT2D eigenvalue weighted by molar-refractivity contribution is -0.0810. The Kier molecular flexibility index (Phi) is 5.43. The Labute approximate surface area is 188 Å². The molecule has 0 unspecified atom stereocenters. The molecule has 2 saturated heterocycles. The third-order valence-electron chi connectivity index (χ3n) is 6.99. The van der Waals surface area contributed by atoms with Gasteiger partial charge in [0.2, 0.25) is 5.95 Å². The second-order valence-electron chi connectivity index (χ2n) is 9.56. The second-order valence-corrected chi connectivity index (χ2v) is 9.56. The number of carbonyl (C=O) groups excluding carboxylic acids is 1. The summed E-state index contributed by atoms with van der Waals surface area (Å²) in [7, 11) is 0. The second kappa shape index (κ2) is 8.40. The zero-order valence-corrected chi connectivity index (χ0v) is 18.4. The maximum atomic E-state index is 12.9. The van der Waals surface area contributed by atoms with Crippen molar-refractivity contribution >= 4 is 12.0 Å². The topological polar surface area (TPSA) is 88.4 Å². The van der Waals surface area contributed by atoms with Crippen molar-refractivity contribution in [2.75, 3.05) is 37.6 Å². The van der Waals surface area contributed by atoms with Gasteiger partial charge in [-0.1, -0.05) is 30.3 Å². The highest BCUT2D eigenvalue weighted by Gasteiger charge is 2.52. The first-order valence-electron chi connectivity index (χ1n) is 11.3. The molecular formula is C24H29N7O. The van der Waals surface area contributed by atoms with Gasteiger partial charge in [0.05, 0.1) is 18.0 Å². The number of urea groups is 1. The van der Waals surface area contributed by atoms with Crippen LogP contribution in [0.5, 0.6) is 0 Å². The predicted molar refractivity (Wildman–Crippen MR) is 121 cm³/mol. The van der Waals surface area contributed by atoms with E-state index in [1.165, 1.54) is 5.56 Å². The Bertz CT molecular complexity index is 989. The summed E-state index contributed by atoms with van der Waals surface area (Å²) in [4.78, 5) is 27.9. The molecule has 8 nitrogen and oxygen atoms in total. The van der Waals surface area contributed by atoms with E-state index in [2.05, 4.69) is 62.3 Å². The minimum Gasteiger partial charge on any atom is -0.337 e. The molecule has 0 radical (unpaired) electrons. The van der Waals surface area contributed by atoms with Gasteiger partial charge in [-0.3, -0.25) is 4.90 Å². The molecule has 3 fully saturated rings. The van der Waals surface area contributed by atoms with Crippen molar-refractivity contribution in [3.05, 3.63) is 53.9 Å². The lowest BCUT2D eigenvalue weighted by Gasteiger charge is -2.59. The number of benzene rings is 1. The summed E-state index contributed by atoms with van der Waals surface area (Å²) in [6, 6.07) is 13.0. The van der Waals surface area contributed by atoms with Crippen LogP contribution in [0.15, 0.2) is 42.7 Å². The van der Waals surface area contributed by atoms with Crippen LogP contribution in [-0.2, 0) is 6.54 Å². The van der Waals surface area contributed by atoms with Crippen LogP contribution in [0, 0.1) is 16.7 Å². The number of carbonyl (C=O) groups is 1. The van der Waals surface area contributed by atoms with E-state index in [4.69, 9.17) is 5.26 Å². The molecule has 8 heteroatoms. The molecule has 2 aliphatic heterocycles. The van der Waals surface area contributed by atoms with Crippen molar-refractivity contribution in [3.8, 4) is 6.07 Å². The van der Waals surface area contributed by atoms with Gasteiger partial charge < -0.3 is 15.1 Å². The first-order chi connectivity index (χ1) is 15.5.